The van der Waals surface area contributed by atoms with Gasteiger partial charge in [-0.1, -0.05) is 35.9 Å². The van der Waals surface area contributed by atoms with Crippen LogP contribution in [0.2, 0.25) is 5.02 Å². The molecule has 0 aliphatic heterocycles. The van der Waals surface area contributed by atoms with Crippen molar-refractivity contribution in [1.82, 2.24) is 9.13 Å². The highest BCUT2D eigenvalue weighted by molar-refractivity contribution is 7.17. The number of aromatic nitrogens is 2. The summed E-state index contributed by atoms with van der Waals surface area (Å²) in [7, 11) is 0. The Bertz CT molecular complexity index is 1220. The quantitative estimate of drug-likeness (QED) is 0.532. The zero-order chi connectivity index (χ0) is 18.3. The van der Waals surface area contributed by atoms with Crippen molar-refractivity contribution in [1.29, 1.82) is 0 Å². The monoisotopic (exact) mass is 382 g/mol. The SMILES string of the molecule is Cc1cccc(-n2c(=O)c3sccc3n(Cc3ccc(Cl)cc3)c2=O)c1. The Hall–Kier alpha value is -2.63. The average Bonchev–Trinajstić information content (AvgIpc) is 3.10. The van der Waals surface area contributed by atoms with E-state index in [1.54, 1.807) is 22.8 Å². The molecule has 0 aliphatic carbocycles. The number of aryl methyl sites for hydroxylation is 1. The molecular formula is C20H15ClN2O2S. The van der Waals surface area contributed by atoms with E-state index >= 15 is 0 Å². The summed E-state index contributed by atoms with van der Waals surface area (Å²) in [4.78, 5) is 26.1. The number of hydrogen-bond acceptors (Lipinski definition) is 3. The van der Waals surface area contributed by atoms with Crippen molar-refractivity contribution in [2.24, 2.45) is 0 Å². The Morgan fingerprint density at radius 1 is 1.04 bits per heavy atom. The van der Waals surface area contributed by atoms with E-state index in [2.05, 4.69) is 0 Å². The van der Waals surface area contributed by atoms with Crippen LogP contribution in [0.25, 0.3) is 15.9 Å². The van der Waals surface area contributed by atoms with Gasteiger partial charge in [0.2, 0.25) is 0 Å². The fourth-order valence-electron chi connectivity index (χ4n) is 3.01. The van der Waals surface area contributed by atoms with Crippen LogP contribution in [0.1, 0.15) is 11.1 Å². The molecule has 0 amide bonds. The Balaban J connectivity index is 1.98. The van der Waals surface area contributed by atoms with Crippen molar-refractivity contribution in [2.45, 2.75) is 13.5 Å². The Morgan fingerprint density at radius 2 is 1.81 bits per heavy atom. The Labute approximate surface area is 158 Å². The third kappa shape index (κ3) is 2.89. The van der Waals surface area contributed by atoms with Crippen LogP contribution in [-0.2, 0) is 6.54 Å². The zero-order valence-corrected chi connectivity index (χ0v) is 15.6. The standard InChI is InChI=1S/C20H15ClN2O2S/c1-13-3-2-4-16(11-13)23-19(24)18-17(9-10-26-18)22(20(23)25)12-14-5-7-15(21)8-6-14/h2-11H,12H2,1H3. The van der Waals surface area contributed by atoms with E-state index in [1.807, 2.05) is 48.7 Å². The fourth-order valence-corrected chi connectivity index (χ4v) is 3.96. The molecule has 0 radical (unpaired) electrons. The maximum atomic E-state index is 13.2. The number of thiophene rings is 1. The van der Waals surface area contributed by atoms with Crippen molar-refractivity contribution >= 4 is 33.2 Å². The molecular weight excluding hydrogens is 368 g/mol. The fraction of sp³-hybridized carbons (Fsp3) is 0.100. The molecule has 0 saturated heterocycles. The smallest absolute Gasteiger partial charge is 0.288 e. The van der Waals surface area contributed by atoms with Gasteiger partial charge in [-0.25, -0.2) is 9.36 Å². The molecule has 2 aromatic heterocycles. The second-order valence-corrected chi connectivity index (χ2v) is 7.46. The van der Waals surface area contributed by atoms with Crippen LogP contribution in [0.4, 0.5) is 0 Å². The molecule has 2 aromatic carbocycles. The molecule has 6 heteroatoms. The number of halogens is 1. The van der Waals surface area contributed by atoms with Crippen LogP contribution < -0.4 is 11.2 Å². The number of hydrogen-bond donors (Lipinski definition) is 0. The van der Waals surface area contributed by atoms with Gasteiger partial charge in [0.1, 0.15) is 4.70 Å². The van der Waals surface area contributed by atoms with Gasteiger partial charge in [0, 0.05) is 5.02 Å². The van der Waals surface area contributed by atoms with E-state index in [-0.39, 0.29) is 11.2 Å². The number of nitrogens with zero attached hydrogens (tertiary/aromatic N) is 2. The first-order valence-corrected chi connectivity index (χ1v) is 9.35. The van der Waals surface area contributed by atoms with Crippen molar-refractivity contribution in [2.75, 3.05) is 0 Å². The first kappa shape index (κ1) is 16.8. The number of fused-ring (bicyclic) bond motifs is 1. The largest absolute Gasteiger partial charge is 0.336 e. The molecule has 130 valence electrons. The summed E-state index contributed by atoms with van der Waals surface area (Å²) in [6.45, 7) is 2.31. The maximum absolute atomic E-state index is 13.2. The van der Waals surface area contributed by atoms with Crippen LogP contribution >= 0.6 is 22.9 Å². The van der Waals surface area contributed by atoms with Crippen molar-refractivity contribution in [3.63, 3.8) is 0 Å². The lowest BCUT2D eigenvalue weighted by atomic mass is 10.2. The minimum absolute atomic E-state index is 0.280. The molecule has 4 rings (SSSR count). The number of rotatable bonds is 3. The summed E-state index contributed by atoms with van der Waals surface area (Å²) < 4.78 is 3.46. The van der Waals surface area contributed by atoms with E-state index in [9.17, 15) is 9.59 Å². The lowest BCUT2D eigenvalue weighted by molar-refractivity contribution is 0.716. The molecule has 0 unspecified atom stereocenters. The van der Waals surface area contributed by atoms with Gasteiger partial charge in [0.25, 0.3) is 5.56 Å². The third-order valence-corrected chi connectivity index (χ3v) is 5.41. The molecule has 0 bridgehead atoms. The lowest BCUT2D eigenvalue weighted by Gasteiger charge is -2.13. The second kappa shape index (κ2) is 6.59. The molecule has 0 aliphatic rings. The first-order chi connectivity index (χ1) is 12.5. The van der Waals surface area contributed by atoms with Gasteiger partial charge in [-0.05, 0) is 53.8 Å². The third-order valence-electron chi connectivity index (χ3n) is 4.27. The van der Waals surface area contributed by atoms with Crippen LogP contribution in [0, 0.1) is 6.92 Å². The topological polar surface area (TPSA) is 44.0 Å². The molecule has 4 aromatic rings. The highest BCUT2D eigenvalue weighted by Crippen LogP contribution is 2.18. The summed E-state index contributed by atoms with van der Waals surface area (Å²) in [6.07, 6.45) is 0. The van der Waals surface area contributed by atoms with Gasteiger partial charge in [0.15, 0.2) is 0 Å². The summed E-state index contributed by atoms with van der Waals surface area (Å²) in [5.74, 6) is 0. The van der Waals surface area contributed by atoms with E-state index in [0.717, 1.165) is 11.1 Å². The Kier molecular flexibility index (Phi) is 4.26. The second-order valence-electron chi connectivity index (χ2n) is 6.11. The van der Waals surface area contributed by atoms with Crippen molar-refractivity contribution < 1.29 is 0 Å². The normalized spacial score (nSPS) is 11.2. The summed E-state index contributed by atoms with van der Waals surface area (Å²) in [5.41, 5.74) is 2.55. The summed E-state index contributed by atoms with van der Waals surface area (Å²) in [6, 6.07) is 16.6. The van der Waals surface area contributed by atoms with Gasteiger partial charge in [-0.2, -0.15) is 0 Å². The van der Waals surface area contributed by atoms with Crippen molar-refractivity contribution in [3.8, 4) is 5.69 Å². The molecule has 26 heavy (non-hydrogen) atoms. The summed E-state index contributed by atoms with van der Waals surface area (Å²) >= 11 is 7.30. The zero-order valence-electron chi connectivity index (χ0n) is 14.0. The van der Waals surface area contributed by atoms with Gasteiger partial charge in [0.05, 0.1) is 17.7 Å². The minimum Gasteiger partial charge on any atom is -0.288 e. The van der Waals surface area contributed by atoms with E-state index in [0.29, 0.717) is 27.5 Å². The van der Waals surface area contributed by atoms with Gasteiger partial charge in [-0.15, -0.1) is 11.3 Å². The van der Waals surface area contributed by atoms with E-state index < -0.39 is 0 Å². The van der Waals surface area contributed by atoms with E-state index in [4.69, 9.17) is 11.6 Å². The van der Waals surface area contributed by atoms with Crippen LogP contribution in [0.5, 0.6) is 0 Å². The minimum atomic E-state index is -0.346. The highest BCUT2D eigenvalue weighted by Gasteiger charge is 2.16. The maximum Gasteiger partial charge on any atom is 0.336 e. The molecule has 2 heterocycles. The predicted octanol–water partition coefficient (Wildman–Crippen LogP) is 4.22. The molecule has 0 fully saturated rings. The lowest BCUT2D eigenvalue weighted by Crippen LogP contribution is -2.38. The molecule has 0 N–H and O–H groups in total. The van der Waals surface area contributed by atoms with Gasteiger partial charge >= 0.3 is 5.69 Å². The first-order valence-electron chi connectivity index (χ1n) is 8.09. The highest BCUT2D eigenvalue weighted by atomic mass is 35.5. The van der Waals surface area contributed by atoms with Crippen LogP contribution in [0.15, 0.2) is 69.6 Å². The van der Waals surface area contributed by atoms with Gasteiger partial charge < -0.3 is 0 Å². The summed E-state index contributed by atoms with van der Waals surface area (Å²) in [5, 5.41) is 2.48. The predicted molar refractivity (Wildman–Crippen MR) is 107 cm³/mol. The van der Waals surface area contributed by atoms with E-state index in [1.165, 1.54) is 15.9 Å². The van der Waals surface area contributed by atoms with Gasteiger partial charge in [-0.3, -0.25) is 9.36 Å². The van der Waals surface area contributed by atoms with Crippen LogP contribution in [-0.4, -0.2) is 9.13 Å². The number of benzene rings is 2. The molecule has 0 spiro atoms. The molecule has 0 saturated carbocycles. The Morgan fingerprint density at radius 3 is 2.54 bits per heavy atom. The molecule has 4 nitrogen and oxygen atoms in total. The molecule has 0 atom stereocenters. The average molecular weight is 383 g/mol. The van der Waals surface area contributed by atoms with Crippen molar-refractivity contribution in [3.05, 3.63) is 97.0 Å². The van der Waals surface area contributed by atoms with Crippen LogP contribution in [0.3, 0.4) is 0 Å².